The van der Waals surface area contributed by atoms with Crippen LogP contribution in [0, 0.1) is 0 Å². The second-order valence-electron chi connectivity index (χ2n) is 19.6. The molecule has 4 aliphatic rings. The molecule has 4 amide bonds. The standard InChI is InChI=1S/C48H66N4O10Si2/c1-57-41-26-35-38(51(31-59-21-23-63(3,4)5)47(55)37-17-14-18-49(37)45(35)53)28-43(41)61-19-12-9-13-20-62-44-29-39-36(27-42(44)58-2)46(54)50-30-34-16-11-10-15-33(34)25-40(50)48(56)52(39)32-60-22-24-64(6,7)8/h10-11,15-16,26-29,37,40H,9,12-14,17-25,30-32H2,1-8H3/t37-,40-/m0/s1. The first kappa shape index (κ1) is 47.1. The number of anilines is 2. The number of rotatable bonds is 20. The maximum absolute atomic E-state index is 14.4. The van der Waals surface area contributed by atoms with Crippen molar-refractivity contribution in [1.82, 2.24) is 9.80 Å². The molecule has 0 unspecified atom stereocenters. The van der Waals surface area contributed by atoms with Crippen LogP contribution in [0.25, 0.3) is 0 Å². The number of carbonyl (C=O) groups is 4. The zero-order valence-electron chi connectivity index (χ0n) is 39.0. The van der Waals surface area contributed by atoms with Crippen LogP contribution >= 0.6 is 0 Å². The van der Waals surface area contributed by atoms with Crippen molar-refractivity contribution in [1.29, 1.82) is 0 Å². The number of ether oxygens (including phenoxy) is 6. The van der Waals surface area contributed by atoms with Crippen LogP contribution in [-0.2, 0) is 32.0 Å². The zero-order chi connectivity index (χ0) is 45.8. The lowest BCUT2D eigenvalue weighted by Crippen LogP contribution is -2.51. The second kappa shape index (κ2) is 20.1. The van der Waals surface area contributed by atoms with E-state index in [2.05, 4.69) is 39.3 Å². The topological polar surface area (TPSA) is 137 Å². The van der Waals surface area contributed by atoms with Crippen molar-refractivity contribution in [3.63, 3.8) is 0 Å². The van der Waals surface area contributed by atoms with Gasteiger partial charge in [-0.15, -0.1) is 0 Å². The quantitative estimate of drug-likeness (QED) is 0.0816. The van der Waals surface area contributed by atoms with Crippen LogP contribution in [0.5, 0.6) is 23.0 Å². The molecule has 0 N–H and O–H groups in total. The van der Waals surface area contributed by atoms with Crippen LogP contribution in [0.2, 0.25) is 51.4 Å². The van der Waals surface area contributed by atoms with Crippen LogP contribution in [0.15, 0.2) is 48.5 Å². The highest BCUT2D eigenvalue weighted by molar-refractivity contribution is 6.76. The van der Waals surface area contributed by atoms with Crippen LogP contribution in [0.3, 0.4) is 0 Å². The van der Waals surface area contributed by atoms with E-state index in [0.717, 1.165) is 36.1 Å². The van der Waals surface area contributed by atoms with Crippen molar-refractivity contribution in [2.24, 2.45) is 0 Å². The van der Waals surface area contributed by atoms with Gasteiger partial charge in [-0.1, -0.05) is 63.5 Å². The number of unbranched alkanes of at least 4 members (excludes halogenated alkanes) is 2. The Kier molecular flexibility index (Phi) is 14.8. The molecule has 0 radical (unpaired) electrons. The third kappa shape index (κ3) is 10.6. The van der Waals surface area contributed by atoms with Gasteiger partial charge in [0, 0.05) is 61.0 Å². The van der Waals surface area contributed by atoms with Crippen molar-refractivity contribution in [2.75, 3.05) is 70.5 Å². The van der Waals surface area contributed by atoms with Gasteiger partial charge in [-0.2, -0.15) is 0 Å². The molecule has 0 spiro atoms. The normalized spacial score (nSPS) is 18.5. The summed E-state index contributed by atoms with van der Waals surface area (Å²) in [4.78, 5) is 63.1. The number of nitrogens with zero attached hydrogens (tertiary/aromatic N) is 4. The molecule has 64 heavy (non-hydrogen) atoms. The van der Waals surface area contributed by atoms with E-state index in [9.17, 15) is 19.2 Å². The molecule has 0 aromatic heterocycles. The van der Waals surface area contributed by atoms with E-state index in [-0.39, 0.29) is 37.1 Å². The number of benzene rings is 3. The van der Waals surface area contributed by atoms with Gasteiger partial charge in [0.25, 0.3) is 23.6 Å². The molecular weight excluding hydrogens is 849 g/mol. The van der Waals surface area contributed by atoms with Gasteiger partial charge in [0.2, 0.25) is 0 Å². The smallest absolute Gasteiger partial charge is 0.257 e. The van der Waals surface area contributed by atoms with Crippen molar-refractivity contribution in [3.8, 4) is 23.0 Å². The fourth-order valence-corrected chi connectivity index (χ4v) is 10.2. The molecule has 7 rings (SSSR count). The van der Waals surface area contributed by atoms with Gasteiger partial charge in [0.15, 0.2) is 23.0 Å². The van der Waals surface area contributed by atoms with Gasteiger partial charge in [0.1, 0.15) is 25.5 Å². The third-order valence-corrected chi connectivity index (χ3v) is 15.9. The van der Waals surface area contributed by atoms with Crippen molar-refractivity contribution >= 4 is 51.2 Å². The van der Waals surface area contributed by atoms with Gasteiger partial charge in [-0.25, -0.2) is 0 Å². The first-order chi connectivity index (χ1) is 30.6. The van der Waals surface area contributed by atoms with Gasteiger partial charge >= 0.3 is 0 Å². The summed E-state index contributed by atoms with van der Waals surface area (Å²) in [5, 5.41) is 0. The predicted molar refractivity (Wildman–Crippen MR) is 252 cm³/mol. The van der Waals surface area contributed by atoms with Crippen LogP contribution in [0.1, 0.15) is 63.9 Å². The fourth-order valence-electron chi connectivity index (χ4n) is 8.64. The molecule has 2 atom stereocenters. The minimum absolute atomic E-state index is 0.0203. The molecule has 4 aliphatic heterocycles. The molecule has 16 heteroatoms. The summed E-state index contributed by atoms with van der Waals surface area (Å²) in [6.07, 6.45) is 3.95. The van der Waals surface area contributed by atoms with E-state index in [0.29, 0.717) is 111 Å². The number of amides is 4. The Hall–Kier alpha value is -4.91. The summed E-state index contributed by atoms with van der Waals surface area (Å²) in [6, 6.07) is 15.5. The number of fused-ring (bicyclic) bond motifs is 5. The molecule has 1 fully saturated rings. The summed E-state index contributed by atoms with van der Waals surface area (Å²) in [5.74, 6) is 0.948. The Morgan fingerprint density at radius 1 is 0.594 bits per heavy atom. The molecule has 0 saturated carbocycles. The molecular formula is C48H66N4O10Si2. The van der Waals surface area contributed by atoms with E-state index < -0.39 is 28.2 Å². The highest BCUT2D eigenvalue weighted by atomic mass is 28.3. The van der Waals surface area contributed by atoms with E-state index in [4.69, 9.17) is 28.4 Å². The van der Waals surface area contributed by atoms with E-state index in [1.54, 1.807) is 58.1 Å². The van der Waals surface area contributed by atoms with E-state index in [1.165, 1.54) is 0 Å². The Morgan fingerprint density at radius 2 is 1.09 bits per heavy atom. The fraction of sp³-hybridized carbons (Fsp3) is 0.542. The van der Waals surface area contributed by atoms with Gasteiger partial charge in [-0.3, -0.25) is 29.0 Å². The first-order valence-electron chi connectivity index (χ1n) is 22.7. The summed E-state index contributed by atoms with van der Waals surface area (Å²) in [7, 11) is 0.344. The number of carbonyl (C=O) groups excluding carboxylic acids is 4. The summed E-state index contributed by atoms with van der Waals surface area (Å²) >= 11 is 0. The predicted octanol–water partition coefficient (Wildman–Crippen LogP) is 7.82. The second-order valence-corrected chi connectivity index (χ2v) is 30.8. The summed E-state index contributed by atoms with van der Waals surface area (Å²) in [6.45, 7) is 16.4. The highest BCUT2D eigenvalue weighted by Crippen LogP contribution is 2.42. The Bertz CT molecular complexity index is 2210. The Balaban J connectivity index is 1.01. The maximum Gasteiger partial charge on any atom is 0.257 e. The summed E-state index contributed by atoms with van der Waals surface area (Å²) < 4.78 is 36.3. The molecule has 0 bridgehead atoms. The van der Waals surface area contributed by atoms with Crippen molar-refractivity contribution in [3.05, 3.63) is 70.8 Å². The van der Waals surface area contributed by atoms with Crippen LogP contribution < -0.4 is 28.7 Å². The summed E-state index contributed by atoms with van der Waals surface area (Å²) in [5.41, 5.74) is 3.77. The SMILES string of the molecule is COc1cc2c(cc1OCCCCCOc1cc3c(cc1OC)C(=O)N1Cc4ccccc4C[C@H]1C(=O)N3COCC[Si](C)(C)C)N(COCC[Si](C)(C)C)C(=O)[C@@H]1CCCN1C2=O. The minimum atomic E-state index is -1.39. The largest absolute Gasteiger partial charge is 0.493 e. The van der Waals surface area contributed by atoms with E-state index in [1.807, 2.05) is 24.3 Å². The van der Waals surface area contributed by atoms with Crippen LogP contribution in [-0.4, -0.2) is 122 Å². The lowest BCUT2D eigenvalue weighted by molar-refractivity contribution is -0.124. The Labute approximate surface area is 380 Å². The van der Waals surface area contributed by atoms with Crippen molar-refractivity contribution < 1.29 is 47.6 Å². The molecule has 3 aromatic carbocycles. The van der Waals surface area contributed by atoms with Gasteiger partial charge in [-0.05, 0) is 67.5 Å². The molecule has 3 aromatic rings. The monoisotopic (exact) mass is 914 g/mol. The maximum atomic E-state index is 14.4. The third-order valence-electron chi connectivity index (χ3n) is 12.5. The number of methoxy groups -OCH3 is 2. The molecule has 4 heterocycles. The number of hydrogen-bond acceptors (Lipinski definition) is 10. The average molecular weight is 915 g/mol. The molecule has 1 saturated heterocycles. The van der Waals surface area contributed by atoms with Crippen LogP contribution in [0.4, 0.5) is 11.4 Å². The van der Waals surface area contributed by atoms with Gasteiger partial charge < -0.3 is 38.2 Å². The Morgan fingerprint density at radius 3 is 1.61 bits per heavy atom. The van der Waals surface area contributed by atoms with Gasteiger partial charge in [0.05, 0.1) is 49.9 Å². The molecule has 346 valence electrons. The first-order valence-corrected chi connectivity index (χ1v) is 30.2. The highest BCUT2D eigenvalue weighted by Gasteiger charge is 2.44. The van der Waals surface area contributed by atoms with Crippen molar-refractivity contribution in [2.45, 2.75) is 109 Å². The average Bonchev–Trinajstić information content (AvgIpc) is 3.72. The lowest BCUT2D eigenvalue weighted by Gasteiger charge is -2.35. The van der Waals surface area contributed by atoms with E-state index >= 15 is 0 Å². The molecule has 14 nitrogen and oxygen atoms in total. The lowest BCUT2D eigenvalue weighted by atomic mass is 9.93. The minimum Gasteiger partial charge on any atom is -0.493 e. The number of hydrogen-bond donors (Lipinski definition) is 0. The molecule has 0 aliphatic carbocycles. The zero-order valence-corrected chi connectivity index (χ0v) is 41.0.